The average Bonchev–Trinajstić information content (AvgIpc) is 2.42. The van der Waals surface area contributed by atoms with Gasteiger partial charge >= 0.3 is 0 Å². The first-order chi connectivity index (χ1) is 9.33. The van der Waals surface area contributed by atoms with Gasteiger partial charge in [-0.2, -0.15) is 0 Å². The standard InChI is InChI=1S/C14H16N2O3S/c1-14(17,16-12-9-7-11(15)8-10-12)20(18,19)13-5-3-2-4-6-13/h2-10,16-17H,15H2,1H3. The van der Waals surface area contributed by atoms with Crippen LogP contribution in [0.4, 0.5) is 11.4 Å². The summed E-state index contributed by atoms with van der Waals surface area (Å²) in [5.74, 6) is 0. The molecular formula is C14H16N2O3S. The summed E-state index contributed by atoms with van der Waals surface area (Å²) in [5, 5.41) is 10.8. The van der Waals surface area contributed by atoms with Gasteiger partial charge in [-0.15, -0.1) is 0 Å². The molecule has 0 amide bonds. The van der Waals surface area contributed by atoms with Crippen molar-refractivity contribution in [1.29, 1.82) is 0 Å². The Labute approximate surface area is 118 Å². The smallest absolute Gasteiger partial charge is 0.242 e. The molecule has 0 saturated carbocycles. The predicted octanol–water partition coefficient (Wildman–Crippen LogP) is 1.82. The zero-order valence-corrected chi connectivity index (χ0v) is 11.8. The molecule has 5 nitrogen and oxygen atoms in total. The molecule has 2 aromatic rings. The summed E-state index contributed by atoms with van der Waals surface area (Å²) in [6.45, 7) is 1.20. The maximum absolute atomic E-state index is 12.4. The van der Waals surface area contributed by atoms with E-state index in [1.165, 1.54) is 19.1 Å². The van der Waals surface area contributed by atoms with Gasteiger partial charge in [-0.1, -0.05) is 18.2 Å². The molecule has 0 aliphatic heterocycles. The zero-order chi connectivity index (χ0) is 14.8. The molecule has 0 spiro atoms. The molecule has 2 rings (SSSR count). The first-order valence-electron chi connectivity index (χ1n) is 5.99. The fourth-order valence-electron chi connectivity index (χ4n) is 1.73. The number of benzene rings is 2. The van der Waals surface area contributed by atoms with Crippen LogP contribution in [-0.2, 0) is 9.84 Å². The monoisotopic (exact) mass is 292 g/mol. The van der Waals surface area contributed by atoms with E-state index in [1.54, 1.807) is 42.5 Å². The molecule has 0 aliphatic rings. The number of hydrogen-bond acceptors (Lipinski definition) is 5. The lowest BCUT2D eigenvalue weighted by Crippen LogP contribution is -2.43. The minimum absolute atomic E-state index is 0.0490. The Kier molecular flexibility index (Phi) is 3.69. The lowest BCUT2D eigenvalue weighted by Gasteiger charge is -2.25. The van der Waals surface area contributed by atoms with Crippen LogP contribution in [0.5, 0.6) is 0 Å². The van der Waals surface area contributed by atoms with Gasteiger partial charge in [0.05, 0.1) is 4.90 Å². The van der Waals surface area contributed by atoms with Crippen molar-refractivity contribution in [3.63, 3.8) is 0 Å². The van der Waals surface area contributed by atoms with Crippen molar-refractivity contribution in [2.24, 2.45) is 0 Å². The molecule has 2 aromatic carbocycles. The van der Waals surface area contributed by atoms with Crippen LogP contribution in [0.1, 0.15) is 6.92 Å². The van der Waals surface area contributed by atoms with Crippen molar-refractivity contribution in [1.82, 2.24) is 0 Å². The van der Waals surface area contributed by atoms with Crippen molar-refractivity contribution >= 4 is 21.2 Å². The van der Waals surface area contributed by atoms with Gasteiger partial charge in [0, 0.05) is 11.4 Å². The molecule has 0 aromatic heterocycles. The molecular weight excluding hydrogens is 276 g/mol. The second kappa shape index (κ2) is 5.15. The topological polar surface area (TPSA) is 92.4 Å². The molecule has 0 fully saturated rings. The number of nitrogens with one attached hydrogen (secondary N) is 1. The molecule has 20 heavy (non-hydrogen) atoms. The lowest BCUT2D eigenvalue weighted by atomic mass is 10.3. The molecule has 0 saturated heterocycles. The molecule has 0 aliphatic carbocycles. The number of sulfone groups is 1. The highest BCUT2D eigenvalue weighted by Gasteiger charge is 2.38. The van der Waals surface area contributed by atoms with Crippen molar-refractivity contribution in [3.05, 3.63) is 54.6 Å². The highest BCUT2D eigenvalue weighted by molar-refractivity contribution is 7.92. The Hall–Kier alpha value is -2.05. The molecule has 4 N–H and O–H groups in total. The molecule has 1 unspecified atom stereocenters. The Morgan fingerprint density at radius 3 is 2.15 bits per heavy atom. The molecule has 106 valence electrons. The van der Waals surface area contributed by atoms with Gasteiger partial charge < -0.3 is 16.2 Å². The van der Waals surface area contributed by atoms with Gasteiger partial charge in [-0.05, 0) is 43.3 Å². The highest BCUT2D eigenvalue weighted by atomic mass is 32.2. The minimum atomic E-state index is -3.93. The Balaban J connectivity index is 2.32. The summed E-state index contributed by atoms with van der Waals surface area (Å²) >= 11 is 0. The first-order valence-corrected chi connectivity index (χ1v) is 7.47. The first kappa shape index (κ1) is 14.4. The largest absolute Gasteiger partial charge is 0.399 e. The van der Waals surface area contributed by atoms with Gasteiger partial charge in [-0.25, -0.2) is 8.42 Å². The van der Waals surface area contributed by atoms with E-state index in [2.05, 4.69) is 5.32 Å². The quantitative estimate of drug-likeness (QED) is 0.590. The van der Waals surface area contributed by atoms with E-state index in [0.29, 0.717) is 11.4 Å². The van der Waals surface area contributed by atoms with Crippen LogP contribution in [-0.4, -0.2) is 18.6 Å². The van der Waals surface area contributed by atoms with Crippen LogP contribution in [0, 0.1) is 0 Å². The minimum Gasteiger partial charge on any atom is -0.399 e. The van der Waals surface area contributed by atoms with Crippen molar-refractivity contribution in [3.8, 4) is 0 Å². The van der Waals surface area contributed by atoms with E-state index in [1.807, 2.05) is 0 Å². The average molecular weight is 292 g/mol. The number of anilines is 2. The Morgan fingerprint density at radius 1 is 1.05 bits per heavy atom. The second-order valence-electron chi connectivity index (χ2n) is 4.55. The summed E-state index contributed by atoms with van der Waals surface area (Å²) in [4.78, 5) is 0.0490. The fourth-order valence-corrected chi connectivity index (χ4v) is 2.96. The number of nitrogen functional groups attached to an aromatic ring is 1. The van der Waals surface area contributed by atoms with Gasteiger partial charge in [0.15, 0.2) is 0 Å². The van der Waals surface area contributed by atoms with Crippen molar-refractivity contribution in [2.75, 3.05) is 11.1 Å². The van der Waals surface area contributed by atoms with Crippen LogP contribution in [0.3, 0.4) is 0 Å². The SMILES string of the molecule is CC(O)(Nc1ccc(N)cc1)S(=O)(=O)c1ccccc1. The van der Waals surface area contributed by atoms with Crippen LogP contribution in [0.25, 0.3) is 0 Å². The van der Waals surface area contributed by atoms with Crippen LogP contribution >= 0.6 is 0 Å². The van der Waals surface area contributed by atoms with Gasteiger partial charge in [0.2, 0.25) is 14.9 Å². The van der Waals surface area contributed by atoms with E-state index in [4.69, 9.17) is 5.73 Å². The number of rotatable bonds is 4. The zero-order valence-electron chi connectivity index (χ0n) is 10.9. The van der Waals surface area contributed by atoms with E-state index in [9.17, 15) is 13.5 Å². The molecule has 0 heterocycles. The fraction of sp³-hybridized carbons (Fsp3) is 0.143. The van der Waals surface area contributed by atoms with Crippen molar-refractivity contribution in [2.45, 2.75) is 16.9 Å². The predicted molar refractivity (Wildman–Crippen MR) is 78.7 cm³/mol. The maximum atomic E-state index is 12.4. The molecule has 1 atom stereocenters. The Morgan fingerprint density at radius 2 is 1.60 bits per heavy atom. The molecule has 0 bridgehead atoms. The Bertz CT molecular complexity index is 680. The summed E-state index contributed by atoms with van der Waals surface area (Å²) in [5.41, 5.74) is 6.58. The van der Waals surface area contributed by atoms with E-state index < -0.39 is 14.9 Å². The molecule has 0 radical (unpaired) electrons. The normalized spacial score (nSPS) is 14.5. The third-order valence-corrected chi connectivity index (χ3v) is 4.91. The summed E-state index contributed by atoms with van der Waals surface area (Å²) < 4.78 is 24.8. The number of hydrogen-bond donors (Lipinski definition) is 3. The summed E-state index contributed by atoms with van der Waals surface area (Å²) in [7, 11) is -3.93. The molecule has 6 heteroatoms. The number of nitrogens with two attached hydrogens (primary N) is 1. The van der Waals surface area contributed by atoms with E-state index in [-0.39, 0.29) is 4.90 Å². The highest BCUT2D eigenvalue weighted by Crippen LogP contribution is 2.25. The van der Waals surface area contributed by atoms with Gasteiger partial charge in [0.25, 0.3) is 0 Å². The second-order valence-corrected chi connectivity index (χ2v) is 6.82. The third-order valence-electron chi connectivity index (χ3n) is 2.86. The van der Waals surface area contributed by atoms with Gasteiger partial charge in [0.1, 0.15) is 0 Å². The van der Waals surface area contributed by atoms with Crippen LogP contribution in [0.15, 0.2) is 59.5 Å². The van der Waals surface area contributed by atoms with E-state index >= 15 is 0 Å². The summed E-state index contributed by atoms with van der Waals surface area (Å²) in [6.07, 6.45) is 0. The lowest BCUT2D eigenvalue weighted by molar-refractivity contribution is 0.174. The van der Waals surface area contributed by atoms with Crippen LogP contribution in [0.2, 0.25) is 0 Å². The van der Waals surface area contributed by atoms with E-state index in [0.717, 1.165) is 0 Å². The van der Waals surface area contributed by atoms with Crippen LogP contribution < -0.4 is 11.1 Å². The maximum Gasteiger partial charge on any atom is 0.242 e. The third kappa shape index (κ3) is 2.76. The summed E-state index contributed by atoms with van der Waals surface area (Å²) in [6, 6.07) is 14.2. The van der Waals surface area contributed by atoms with Gasteiger partial charge in [-0.3, -0.25) is 0 Å². The number of aliphatic hydroxyl groups is 1. The van der Waals surface area contributed by atoms with Crippen molar-refractivity contribution < 1.29 is 13.5 Å².